The maximum absolute atomic E-state index is 14.7. The molecule has 2 aromatic carbocycles. The lowest BCUT2D eigenvalue weighted by molar-refractivity contribution is -0.137. The fourth-order valence-corrected chi connectivity index (χ4v) is 8.85. The third kappa shape index (κ3) is 20.3. The molecule has 3 aromatic rings. The molecule has 0 bridgehead atoms. The average molecular weight is 1060 g/mol. The van der Waals surface area contributed by atoms with Gasteiger partial charge in [0.05, 0.1) is 12.1 Å². The van der Waals surface area contributed by atoms with E-state index in [0.717, 1.165) is 10.9 Å². The number of nitrogens with zero attached hydrogens (tertiary/aromatic N) is 2. The van der Waals surface area contributed by atoms with Crippen molar-refractivity contribution in [1.82, 2.24) is 36.9 Å². The van der Waals surface area contributed by atoms with Gasteiger partial charge in [-0.25, -0.2) is 0 Å². The number of primary amides is 1. The Kier molecular flexibility index (Phi) is 23.9. The third-order valence-electron chi connectivity index (χ3n) is 12.5. The standard InChI is InChI=1S/C50H71ClN14O10/c1-27(66)43-48(75)64-39(22-29-9-5-11-33(51)21-29)41(69)24-30(10-6-19-58-49(53)54)40(68)25-31(23-32-26-60-35-13-4-3-12-34(32)35)45(72)62-36(44(52)71)14-7-18-57-42(70)17-16-38(47(74)65-43)63-46(73)37(61-28(2)67)15-8-20-59-50(55)56/h3-5,9,11-13,21,26-27,30-31,36-39,43,60,66H,6-8,10,14-20,22-25H2,1-2H3,(H2,52,71)(H,57,70)(H,61,67)(H,62,72)(H,63,73)(H,64,75)(H,65,74)(H4,53,54,58)(H4,55,56,59)/t27-,30-,31-,36+,37+,38+,39-,43+/m1/s1. The second kappa shape index (κ2) is 29.9. The summed E-state index contributed by atoms with van der Waals surface area (Å²) in [6, 6.07) is 6.70. The number of nitrogens with one attached hydrogen (secondary N) is 7. The molecule has 7 amide bonds. The number of H-pyrrole nitrogens is 1. The molecule has 75 heavy (non-hydrogen) atoms. The van der Waals surface area contributed by atoms with Crippen LogP contribution in [-0.4, -0.2) is 131 Å². The Labute approximate surface area is 439 Å². The molecule has 0 saturated carbocycles. The molecular formula is C50H71ClN14O10. The highest BCUT2D eigenvalue weighted by Gasteiger charge is 2.36. The lowest BCUT2D eigenvalue weighted by atomic mass is 9.83. The van der Waals surface area contributed by atoms with E-state index in [1.54, 1.807) is 30.5 Å². The number of para-hydroxylation sites is 1. The molecule has 1 saturated heterocycles. The van der Waals surface area contributed by atoms with Crippen molar-refractivity contribution in [3.8, 4) is 0 Å². The van der Waals surface area contributed by atoms with Crippen LogP contribution in [0, 0.1) is 11.8 Å². The Bertz CT molecular complexity index is 2560. The number of carbonyl (C=O) groups is 9. The van der Waals surface area contributed by atoms with E-state index in [2.05, 4.69) is 46.9 Å². The maximum Gasteiger partial charge on any atom is 0.245 e. The number of guanidine groups is 2. The van der Waals surface area contributed by atoms with Gasteiger partial charge in [0.25, 0.3) is 0 Å². The zero-order valence-electron chi connectivity index (χ0n) is 42.2. The van der Waals surface area contributed by atoms with Gasteiger partial charge in [0.2, 0.25) is 41.4 Å². The molecule has 1 fully saturated rings. The normalized spacial score (nSPS) is 21.8. The van der Waals surface area contributed by atoms with Crippen LogP contribution >= 0.6 is 11.6 Å². The van der Waals surface area contributed by atoms with E-state index in [4.69, 9.17) is 40.3 Å². The van der Waals surface area contributed by atoms with Gasteiger partial charge in [0, 0.05) is 79.8 Å². The Morgan fingerprint density at radius 1 is 0.813 bits per heavy atom. The number of nitrogens with two attached hydrogens (primary N) is 5. The van der Waals surface area contributed by atoms with Crippen LogP contribution in [0.4, 0.5) is 0 Å². The van der Waals surface area contributed by atoms with Crippen LogP contribution in [0.25, 0.3) is 10.9 Å². The summed E-state index contributed by atoms with van der Waals surface area (Å²) in [6.07, 6.45) is -0.947. The fourth-order valence-electron chi connectivity index (χ4n) is 8.64. The predicted octanol–water partition coefficient (Wildman–Crippen LogP) is -1.14. The van der Waals surface area contributed by atoms with E-state index >= 15 is 0 Å². The number of fused-ring (bicyclic) bond motifs is 1. The summed E-state index contributed by atoms with van der Waals surface area (Å²) in [4.78, 5) is 135. The van der Waals surface area contributed by atoms with Crippen molar-refractivity contribution < 1.29 is 48.3 Å². The van der Waals surface area contributed by atoms with Gasteiger partial charge >= 0.3 is 0 Å². The number of aromatic nitrogens is 1. The predicted molar refractivity (Wildman–Crippen MR) is 281 cm³/mol. The van der Waals surface area contributed by atoms with Crippen LogP contribution in [0.15, 0.2) is 64.7 Å². The number of hydrogen-bond acceptors (Lipinski definition) is 12. The topological polar surface area (TPSA) is 417 Å². The van der Waals surface area contributed by atoms with Gasteiger partial charge in [-0.05, 0) is 94.0 Å². The van der Waals surface area contributed by atoms with Crippen molar-refractivity contribution in [2.24, 2.45) is 50.5 Å². The van der Waals surface area contributed by atoms with Gasteiger partial charge in [0.1, 0.15) is 30.0 Å². The summed E-state index contributed by atoms with van der Waals surface area (Å²) >= 11 is 6.33. The van der Waals surface area contributed by atoms with Crippen LogP contribution in [0.3, 0.4) is 0 Å². The second-order valence-corrected chi connectivity index (χ2v) is 19.1. The first kappa shape index (κ1) is 60.0. The van der Waals surface area contributed by atoms with Gasteiger partial charge in [-0.1, -0.05) is 41.9 Å². The Morgan fingerprint density at radius 3 is 2.17 bits per heavy atom. The number of halogens is 1. The quantitative estimate of drug-likeness (QED) is 0.0432. The number of carbonyl (C=O) groups excluding carboxylic acids is 9. The first-order chi connectivity index (χ1) is 35.6. The molecule has 0 radical (unpaired) electrons. The molecule has 4 rings (SSSR count). The molecule has 408 valence electrons. The molecule has 18 N–H and O–H groups in total. The van der Waals surface area contributed by atoms with Crippen LogP contribution in [-0.2, 0) is 56.0 Å². The highest BCUT2D eigenvalue weighted by atomic mass is 35.5. The van der Waals surface area contributed by atoms with Gasteiger partial charge in [-0.15, -0.1) is 0 Å². The molecule has 8 atom stereocenters. The minimum Gasteiger partial charge on any atom is -0.391 e. The van der Waals surface area contributed by atoms with E-state index in [9.17, 15) is 48.3 Å². The highest BCUT2D eigenvalue weighted by Crippen LogP contribution is 2.26. The minimum atomic E-state index is -1.76. The van der Waals surface area contributed by atoms with E-state index in [-0.39, 0.29) is 95.8 Å². The summed E-state index contributed by atoms with van der Waals surface area (Å²) in [5, 5.41) is 27.7. The number of amides is 7. The largest absolute Gasteiger partial charge is 0.391 e. The number of aromatic amines is 1. The van der Waals surface area contributed by atoms with E-state index in [1.165, 1.54) is 13.8 Å². The average Bonchev–Trinajstić information content (AvgIpc) is 3.75. The van der Waals surface area contributed by atoms with Gasteiger partial charge in [0.15, 0.2) is 17.7 Å². The van der Waals surface area contributed by atoms with Crippen LogP contribution in [0.2, 0.25) is 5.02 Å². The van der Waals surface area contributed by atoms with Gasteiger partial charge in [-0.2, -0.15) is 0 Å². The summed E-state index contributed by atoms with van der Waals surface area (Å²) in [5.41, 5.74) is 29.8. The monoisotopic (exact) mass is 1060 g/mol. The molecule has 0 aliphatic carbocycles. The van der Waals surface area contributed by atoms with Crippen molar-refractivity contribution in [3.05, 3.63) is 70.9 Å². The molecule has 1 aromatic heterocycles. The summed E-state index contributed by atoms with van der Waals surface area (Å²) < 4.78 is 0. The smallest absolute Gasteiger partial charge is 0.245 e. The van der Waals surface area contributed by atoms with Crippen molar-refractivity contribution in [3.63, 3.8) is 0 Å². The third-order valence-corrected chi connectivity index (χ3v) is 12.8. The van der Waals surface area contributed by atoms with Gasteiger partial charge < -0.3 is 70.7 Å². The number of aliphatic imine (C=N–C) groups is 2. The summed E-state index contributed by atoms with van der Waals surface area (Å²) in [7, 11) is 0. The number of benzene rings is 2. The first-order valence-corrected chi connectivity index (χ1v) is 25.2. The Morgan fingerprint density at radius 2 is 1.51 bits per heavy atom. The lowest BCUT2D eigenvalue weighted by Gasteiger charge is -2.28. The zero-order valence-corrected chi connectivity index (χ0v) is 43.0. The SMILES string of the molecule is CC(=O)N[C@@H](CCCN=C(N)N)C(=O)N[C@H]1CCC(=O)NCCC[C@@H](C(N)=O)NC(=O)[C@H](Cc2c[nH]c3ccccc23)CC(=O)[C@H](CCCN=C(N)N)CC(=O)[C@@H](Cc2cccc(Cl)c2)NC(=O)[C@H]([C@@H](C)O)NC1=O. The molecule has 1 aliphatic heterocycles. The molecule has 0 spiro atoms. The van der Waals surface area contributed by atoms with Crippen molar-refractivity contribution in [2.45, 2.75) is 127 Å². The number of aliphatic hydroxyl groups excluding tert-OH is 1. The van der Waals surface area contributed by atoms with E-state index < -0.39 is 114 Å². The van der Waals surface area contributed by atoms with Crippen LogP contribution in [0.5, 0.6) is 0 Å². The first-order valence-electron chi connectivity index (χ1n) is 24.8. The Hall–Kier alpha value is -7.60. The fraction of sp³-hybridized carbons (Fsp3) is 0.500. The molecule has 2 heterocycles. The number of ketones is 2. The van der Waals surface area contributed by atoms with Crippen molar-refractivity contribution in [2.75, 3.05) is 19.6 Å². The number of aliphatic hydroxyl groups is 1. The Balaban J connectivity index is 1.77. The molecule has 0 unspecified atom stereocenters. The van der Waals surface area contributed by atoms with E-state index in [0.29, 0.717) is 16.1 Å². The maximum atomic E-state index is 14.7. The van der Waals surface area contributed by atoms with Crippen LogP contribution in [0.1, 0.15) is 89.2 Å². The number of hydrogen-bond donors (Lipinski definition) is 13. The molecule has 24 nitrogen and oxygen atoms in total. The van der Waals surface area contributed by atoms with Crippen LogP contribution < -0.4 is 60.6 Å². The number of Topliss-reactive ketones (excluding diaryl/α,β-unsaturated/α-hetero) is 2. The number of rotatable bonds is 17. The van der Waals surface area contributed by atoms with E-state index in [1.807, 2.05) is 24.3 Å². The molecule has 1 aliphatic rings. The molecule has 25 heteroatoms. The van der Waals surface area contributed by atoms with Gasteiger partial charge in [-0.3, -0.25) is 53.1 Å². The second-order valence-electron chi connectivity index (χ2n) is 18.6. The van der Waals surface area contributed by atoms with Crippen molar-refractivity contribution >= 4 is 87.3 Å². The summed E-state index contributed by atoms with van der Waals surface area (Å²) in [5.74, 6) is -9.22. The van der Waals surface area contributed by atoms with Crippen molar-refractivity contribution in [1.29, 1.82) is 0 Å². The zero-order chi connectivity index (χ0) is 55.2. The highest BCUT2D eigenvalue weighted by molar-refractivity contribution is 6.30. The lowest BCUT2D eigenvalue weighted by Crippen LogP contribution is -2.60. The minimum absolute atomic E-state index is 0.0183. The molecular weight excluding hydrogens is 992 g/mol. The summed E-state index contributed by atoms with van der Waals surface area (Å²) in [6.45, 7) is 2.58.